The van der Waals surface area contributed by atoms with E-state index in [1.54, 1.807) is 18.7 Å². The molecule has 0 saturated heterocycles. The summed E-state index contributed by atoms with van der Waals surface area (Å²) in [7, 11) is 0. The minimum absolute atomic E-state index is 0.550. The van der Waals surface area contributed by atoms with Crippen LogP contribution in [-0.2, 0) is 0 Å². The average molecular weight is 362 g/mol. The first kappa shape index (κ1) is 11.1. The standard InChI is InChI=1S/C16H12Se2/c1-3-7-14-11(5-1)9-16(18-14)13-10-17-15-8-4-2-6-12(13)15/h1-9,13H,10H2. The van der Waals surface area contributed by atoms with Crippen molar-refractivity contribution in [3.8, 4) is 0 Å². The Balaban J connectivity index is 1.85. The molecule has 2 heteroatoms. The summed E-state index contributed by atoms with van der Waals surface area (Å²) in [4.78, 5) is 0. The Hall–Kier alpha value is -0.781. The van der Waals surface area contributed by atoms with Crippen molar-refractivity contribution in [1.82, 2.24) is 0 Å². The van der Waals surface area contributed by atoms with Crippen molar-refractivity contribution in [2.75, 3.05) is 0 Å². The molecular weight excluding hydrogens is 350 g/mol. The number of benzene rings is 2. The van der Waals surface area contributed by atoms with E-state index in [0.717, 1.165) is 0 Å². The normalized spacial score (nSPS) is 18.1. The molecule has 1 atom stereocenters. The predicted molar refractivity (Wildman–Crippen MR) is 79.4 cm³/mol. The maximum absolute atomic E-state index is 2.46. The summed E-state index contributed by atoms with van der Waals surface area (Å²) in [6.07, 6.45) is 0. The van der Waals surface area contributed by atoms with Gasteiger partial charge < -0.3 is 0 Å². The molecule has 0 amide bonds. The minimum atomic E-state index is 0.550. The monoisotopic (exact) mass is 364 g/mol. The van der Waals surface area contributed by atoms with Crippen LogP contribution >= 0.6 is 0 Å². The van der Waals surface area contributed by atoms with E-state index in [-0.39, 0.29) is 0 Å². The van der Waals surface area contributed by atoms with Crippen LogP contribution in [0.3, 0.4) is 0 Å². The van der Waals surface area contributed by atoms with E-state index in [2.05, 4.69) is 54.6 Å². The van der Waals surface area contributed by atoms with Crippen molar-refractivity contribution in [2.24, 2.45) is 0 Å². The Kier molecular flexibility index (Phi) is 2.71. The number of hydrogen-bond donors (Lipinski definition) is 0. The molecule has 3 aromatic rings. The quantitative estimate of drug-likeness (QED) is 0.584. The second-order valence-electron chi connectivity index (χ2n) is 4.59. The summed E-state index contributed by atoms with van der Waals surface area (Å²) in [6, 6.07) is 20.4. The zero-order chi connectivity index (χ0) is 11.9. The third-order valence-electron chi connectivity index (χ3n) is 3.49. The fourth-order valence-electron chi connectivity index (χ4n) is 2.57. The SMILES string of the molecule is c1ccc2c(c1)[Se]CC2c1cc2ccccc2[se]1. The topological polar surface area (TPSA) is 0 Å². The molecule has 0 spiro atoms. The van der Waals surface area contributed by atoms with E-state index >= 15 is 0 Å². The molecule has 4 rings (SSSR count). The molecule has 0 aliphatic carbocycles. The molecule has 2 heterocycles. The van der Waals surface area contributed by atoms with Crippen molar-refractivity contribution in [1.29, 1.82) is 0 Å². The van der Waals surface area contributed by atoms with Gasteiger partial charge in [0.15, 0.2) is 0 Å². The van der Waals surface area contributed by atoms with Crippen molar-refractivity contribution >= 4 is 43.6 Å². The van der Waals surface area contributed by atoms with Crippen LogP contribution in [-0.4, -0.2) is 29.5 Å². The summed E-state index contributed by atoms with van der Waals surface area (Å²) in [6.45, 7) is 0. The van der Waals surface area contributed by atoms with E-state index in [1.807, 2.05) is 0 Å². The Morgan fingerprint density at radius 3 is 2.72 bits per heavy atom. The van der Waals surface area contributed by atoms with Gasteiger partial charge in [0.05, 0.1) is 0 Å². The second kappa shape index (κ2) is 4.40. The van der Waals surface area contributed by atoms with Gasteiger partial charge in [-0.2, -0.15) is 0 Å². The number of fused-ring (bicyclic) bond motifs is 2. The summed E-state index contributed by atoms with van der Waals surface area (Å²) in [5.74, 6) is 0.716. The van der Waals surface area contributed by atoms with Crippen LogP contribution in [0, 0.1) is 0 Å². The Morgan fingerprint density at radius 1 is 0.944 bits per heavy atom. The fourth-order valence-corrected chi connectivity index (χ4v) is 8.23. The molecule has 0 nitrogen and oxygen atoms in total. The molecule has 0 radical (unpaired) electrons. The molecular formula is C16H12Se2. The molecule has 88 valence electrons. The van der Waals surface area contributed by atoms with Gasteiger partial charge in [-0.15, -0.1) is 0 Å². The third-order valence-corrected chi connectivity index (χ3v) is 8.55. The van der Waals surface area contributed by atoms with Crippen LogP contribution in [0.4, 0.5) is 0 Å². The Morgan fingerprint density at radius 2 is 1.78 bits per heavy atom. The van der Waals surface area contributed by atoms with Crippen molar-refractivity contribution in [2.45, 2.75) is 11.2 Å². The van der Waals surface area contributed by atoms with E-state index in [4.69, 9.17) is 0 Å². The third kappa shape index (κ3) is 1.73. The fraction of sp³-hybridized carbons (Fsp3) is 0.125. The van der Waals surface area contributed by atoms with Gasteiger partial charge in [-0.1, -0.05) is 0 Å². The van der Waals surface area contributed by atoms with Gasteiger partial charge in [-0.25, -0.2) is 0 Å². The molecule has 0 N–H and O–H groups in total. The zero-order valence-corrected chi connectivity index (χ0v) is 13.2. The number of hydrogen-bond acceptors (Lipinski definition) is 0. The van der Waals surface area contributed by atoms with Gasteiger partial charge >= 0.3 is 119 Å². The van der Waals surface area contributed by atoms with Crippen molar-refractivity contribution in [3.63, 3.8) is 0 Å². The van der Waals surface area contributed by atoms with Gasteiger partial charge in [0.2, 0.25) is 0 Å². The summed E-state index contributed by atoms with van der Waals surface area (Å²) < 4.78 is 4.88. The molecule has 18 heavy (non-hydrogen) atoms. The zero-order valence-electron chi connectivity index (χ0n) is 9.80. The molecule has 0 saturated carbocycles. The van der Waals surface area contributed by atoms with E-state index in [9.17, 15) is 0 Å². The van der Waals surface area contributed by atoms with E-state index < -0.39 is 0 Å². The molecule has 1 aromatic heterocycles. The predicted octanol–water partition coefficient (Wildman–Crippen LogP) is 2.79. The van der Waals surface area contributed by atoms with Gasteiger partial charge in [0.1, 0.15) is 0 Å². The summed E-state index contributed by atoms with van der Waals surface area (Å²) >= 11 is 1.24. The summed E-state index contributed by atoms with van der Waals surface area (Å²) in [5, 5.41) is 2.83. The first-order chi connectivity index (χ1) is 8.92. The Bertz CT molecular complexity index is 679. The van der Waals surface area contributed by atoms with Gasteiger partial charge in [0, 0.05) is 0 Å². The molecule has 1 unspecified atom stereocenters. The number of rotatable bonds is 1. The van der Waals surface area contributed by atoms with E-state index in [1.165, 1.54) is 10.7 Å². The molecule has 0 fully saturated rings. The van der Waals surface area contributed by atoms with E-state index in [0.29, 0.717) is 35.4 Å². The van der Waals surface area contributed by atoms with Gasteiger partial charge in [0.25, 0.3) is 0 Å². The van der Waals surface area contributed by atoms with Crippen LogP contribution < -0.4 is 4.46 Å². The van der Waals surface area contributed by atoms with Crippen LogP contribution in [0.15, 0.2) is 54.6 Å². The molecule has 0 bridgehead atoms. The van der Waals surface area contributed by atoms with Crippen LogP contribution in [0.2, 0.25) is 5.32 Å². The molecule has 2 aromatic carbocycles. The van der Waals surface area contributed by atoms with Crippen molar-refractivity contribution < 1.29 is 0 Å². The average Bonchev–Trinajstić information content (AvgIpc) is 3.02. The van der Waals surface area contributed by atoms with Crippen LogP contribution in [0.1, 0.15) is 15.9 Å². The molecule has 1 aliphatic rings. The maximum atomic E-state index is 2.46. The summed E-state index contributed by atoms with van der Waals surface area (Å²) in [5.41, 5.74) is 1.61. The Labute approximate surface area is 119 Å². The first-order valence-electron chi connectivity index (χ1n) is 6.12. The van der Waals surface area contributed by atoms with Gasteiger partial charge in [-0.3, -0.25) is 0 Å². The first-order valence-corrected chi connectivity index (χ1v) is 9.90. The van der Waals surface area contributed by atoms with Crippen LogP contribution in [0.25, 0.3) is 9.65 Å². The molecule has 1 aliphatic heterocycles. The second-order valence-corrected chi connectivity index (χ2v) is 9.16. The van der Waals surface area contributed by atoms with Crippen LogP contribution in [0.5, 0.6) is 0 Å². The van der Waals surface area contributed by atoms with Crippen molar-refractivity contribution in [3.05, 3.63) is 64.6 Å². The van der Waals surface area contributed by atoms with Gasteiger partial charge in [-0.05, 0) is 0 Å².